The van der Waals surface area contributed by atoms with Crippen molar-refractivity contribution < 1.29 is 4.79 Å². The molecule has 0 spiro atoms. The molecule has 0 bridgehead atoms. The van der Waals surface area contributed by atoms with Gasteiger partial charge in [-0.2, -0.15) is 0 Å². The maximum absolute atomic E-state index is 12.5. The van der Waals surface area contributed by atoms with Crippen LogP contribution in [0.1, 0.15) is 32.6 Å². The summed E-state index contributed by atoms with van der Waals surface area (Å²) in [5.74, 6) is 0.0800. The summed E-state index contributed by atoms with van der Waals surface area (Å²) < 4.78 is 0. The Bertz CT molecular complexity index is 602. The molecule has 0 aliphatic heterocycles. The quantitative estimate of drug-likeness (QED) is 0.851. The third-order valence-electron chi connectivity index (χ3n) is 3.25. The van der Waals surface area contributed by atoms with Crippen molar-refractivity contribution >= 4 is 5.78 Å². The number of aryl methyl sites for hydroxylation is 2. The number of rotatable bonds is 4. The summed E-state index contributed by atoms with van der Waals surface area (Å²) >= 11 is 0. The molecule has 0 aromatic heterocycles. The van der Waals surface area contributed by atoms with Crippen LogP contribution in [0.2, 0.25) is 0 Å². The molecule has 0 saturated carbocycles. The van der Waals surface area contributed by atoms with E-state index in [0.29, 0.717) is 6.54 Å². The second-order valence-corrected chi connectivity index (χ2v) is 4.89. The van der Waals surface area contributed by atoms with Crippen LogP contribution >= 0.6 is 0 Å². The fraction of sp³-hybridized carbons (Fsp3) is 0.235. The number of carbonyl (C=O) groups is 1. The minimum Gasteiger partial charge on any atom is -0.330 e. The van der Waals surface area contributed by atoms with Crippen molar-refractivity contribution in [3.8, 4) is 0 Å². The first-order chi connectivity index (χ1) is 9.11. The molecule has 0 unspecified atom stereocenters. The maximum Gasteiger partial charge on any atom is 0.193 e. The van der Waals surface area contributed by atoms with E-state index in [4.69, 9.17) is 5.73 Å². The highest BCUT2D eigenvalue weighted by Crippen LogP contribution is 2.16. The normalized spacial score (nSPS) is 10.5. The highest BCUT2D eigenvalue weighted by molar-refractivity contribution is 6.10. The molecule has 2 N–H and O–H groups in total. The monoisotopic (exact) mass is 253 g/mol. The van der Waals surface area contributed by atoms with Gasteiger partial charge in [0.05, 0.1) is 0 Å². The number of hydrogen-bond donors (Lipinski definition) is 1. The molecule has 98 valence electrons. The Morgan fingerprint density at radius 3 is 2.58 bits per heavy atom. The Balaban J connectivity index is 2.35. The minimum atomic E-state index is 0.0800. The standard InChI is InChI=1S/C17H19NO/c1-12-6-7-16(13(2)10-12)17(19)15-5-3-4-14(11-15)8-9-18/h3-7,10-11H,8-9,18H2,1-2H3. The Morgan fingerprint density at radius 1 is 1.11 bits per heavy atom. The number of nitrogens with two attached hydrogens (primary N) is 1. The summed E-state index contributed by atoms with van der Waals surface area (Å²) in [7, 11) is 0. The van der Waals surface area contributed by atoms with E-state index in [0.717, 1.165) is 28.7 Å². The molecule has 0 amide bonds. The van der Waals surface area contributed by atoms with Crippen LogP contribution in [0.5, 0.6) is 0 Å². The number of ketones is 1. The SMILES string of the molecule is Cc1ccc(C(=O)c2cccc(CCN)c2)c(C)c1. The van der Waals surface area contributed by atoms with E-state index in [1.165, 1.54) is 5.56 Å². The topological polar surface area (TPSA) is 43.1 Å². The van der Waals surface area contributed by atoms with Crippen molar-refractivity contribution in [2.24, 2.45) is 5.73 Å². The molecule has 0 atom stereocenters. The van der Waals surface area contributed by atoms with Gasteiger partial charge in [0.2, 0.25) is 0 Å². The smallest absolute Gasteiger partial charge is 0.193 e. The van der Waals surface area contributed by atoms with E-state index in [2.05, 4.69) is 0 Å². The van der Waals surface area contributed by atoms with E-state index < -0.39 is 0 Å². The van der Waals surface area contributed by atoms with Gasteiger partial charge in [-0.1, -0.05) is 42.0 Å². The Morgan fingerprint density at radius 2 is 1.89 bits per heavy atom. The molecule has 0 radical (unpaired) electrons. The van der Waals surface area contributed by atoms with Gasteiger partial charge in [0.15, 0.2) is 5.78 Å². The highest BCUT2D eigenvalue weighted by Gasteiger charge is 2.11. The Kier molecular flexibility index (Phi) is 4.13. The van der Waals surface area contributed by atoms with Crippen molar-refractivity contribution in [1.82, 2.24) is 0 Å². The molecule has 2 rings (SSSR count). The molecule has 0 fully saturated rings. The molecule has 0 aliphatic carbocycles. The predicted octanol–water partition coefficient (Wildman–Crippen LogP) is 3.04. The van der Waals surface area contributed by atoms with Crippen molar-refractivity contribution in [2.75, 3.05) is 6.54 Å². The van der Waals surface area contributed by atoms with E-state index in [-0.39, 0.29) is 5.78 Å². The molecule has 2 nitrogen and oxygen atoms in total. The Labute approximate surface area is 114 Å². The molecular weight excluding hydrogens is 234 g/mol. The zero-order valence-electron chi connectivity index (χ0n) is 11.4. The van der Waals surface area contributed by atoms with Gasteiger partial charge in [-0.3, -0.25) is 4.79 Å². The number of carbonyl (C=O) groups excluding carboxylic acids is 1. The molecule has 2 aromatic carbocycles. The zero-order valence-corrected chi connectivity index (χ0v) is 11.4. The van der Waals surface area contributed by atoms with Crippen LogP contribution in [0.25, 0.3) is 0 Å². The lowest BCUT2D eigenvalue weighted by molar-refractivity contribution is 0.103. The second kappa shape index (κ2) is 5.81. The average molecular weight is 253 g/mol. The summed E-state index contributed by atoms with van der Waals surface area (Å²) in [6, 6.07) is 13.6. The first-order valence-corrected chi connectivity index (χ1v) is 6.53. The van der Waals surface area contributed by atoms with Gasteiger partial charge in [-0.25, -0.2) is 0 Å². The van der Waals surface area contributed by atoms with Crippen LogP contribution < -0.4 is 5.73 Å². The molecular formula is C17H19NO. The van der Waals surface area contributed by atoms with Gasteiger partial charge in [-0.05, 0) is 44.0 Å². The van der Waals surface area contributed by atoms with Crippen molar-refractivity contribution in [3.63, 3.8) is 0 Å². The van der Waals surface area contributed by atoms with Crippen LogP contribution in [-0.4, -0.2) is 12.3 Å². The van der Waals surface area contributed by atoms with E-state index >= 15 is 0 Å². The van der Waals surface area contributed by atoms with E-state index in [1.54, 1.807) is 0 Å². The van der Waals surface area contributed by atoms with Gasteiger partial charge < -0.3 is 5.73 Å². The average Bonchev–Trinajstić information content (AvgIpc) is 2.39. The van der Waals surface area contributed by atoms with Gasteiger partial charge in [0, 0.05) is 11.1 Å². The first kappa shape index (κ1) is 13.5. The zero-order chi connectivity index (χ0) is 13.8. The number of hydrogen-bond acceptors (Lipinski definition) is 2. The molecule has 2 heteroatoms. The largest absolute Gasteiger partial charge is 0.330 e. The van der Waals surface area contributed by atoms with Gasteiger partial charge in [0.1, 0.15) is 0 Å². The van der Waals surface area contributed by atoms with Crippen LogP contribution in [0.15, 0.2) is 42.5 Å². The van der Waals surface area contributed by atoms with Gasteiger partial charge >= 0.3 is 0 Å². The predicted molar refractivity (Wildman–Crippen MR) is 78.5 cm³/mol. The lowest BCUT2D eigenvalue weighted by Gasteiger charge is -2.07. The Hall–Kier alpha value is -1.93. The van der Waals surface area contributed by atoms with Crippen LogP contribution in [0.4, 0.5) is 0 Å². The summed E-state index contributed by atoms with van der Waals surface area (Å²) in [4.78, 5) is 12.5. The van der Waals surface area contributed by atoms with Crippen molar-refractivity contribution in [3.05, 3.63) is 70.3 Å². The van der Waals surface area contributed by atoms with Crippen molar-refractivity contribution in [2.45, 2.75) is 20.3 Å². The molecule has 2 aromatic rings. The van der Waals surface area contributed by atoms with Crippen molar-refractivity contribution in [1.29, 1.82) is 0 Å². The summed E-state index contributed by atoms with van der Waals surface area (Å²) in [5.41, 5.74) is 10.4. The van der Waals surface area contributed by atoms with Crippen LogP contribution in [0, 0.1) is 13.8 Å². The van der Waals surface area contributed by atoms with Crippen LogP contribution in [-0.2, 0) is 6.42 Å². The van der Waals surface area contributed by atoms with Crippen LogP contribution in [0.3, 0.4) is 0 Å². The van der Waals surface area contributed by atoms with Gasteiger partial charge in [-0.15, -0.1) is 0 Å². The summed E-state index contributed by atoms with van der Waals surface area (Å²) in [6.45, 7) is 4.61. The third kappa shape index (κ3) is 3.09. The first-order valence-electron chi connectivity index (χ1n) is 6.53. The molecule has 0 heterocycles. The van der Waals surface area contributed by atoms with E-state index in [1.807, 2.05) is 56.3 Å². The molecule has 0 aliphatic rings. The highest BCUT2D eigenvalue weighted by atomic mass is 16.1. The molecule has 0 saturated heterocycles. The van der Waals surface area contributed by atoms with E-state index in [9.17, 15) is 4.79 Å². The fourth-order valence-electron chi connectivity index (χ4n) is 2.26. The minimum absolute atomic E-state index is 0.0800. The summed E-state index contributed by atoms with van der Waals surface area (Å²) in [5, 5.41) is 0. The number of benzene rings is 2. The lowest BCUT2D eigenvalue weighted by atomic mass is 9.96. The maximum atomic E-state index is 12.5. The third-order valence-corrected chi connectivity index (χ3v) is 3.25. The lowest BCUT2D eigenvalue weighted by Crippen LogP contribution is -2.06. The second-order valence-electron chi connectivity index (χ2n) is 4.89. The van der Waals surface area contributed by atoms with Gasteiger partial charge in [0.25, 0.3) is 0 Å². The fourth-order valence-corrected chi connectivity index (χ4v) is 2.26. The molecule has 19 heavy (non-hydrogen) atoms. The summed E-state index contributed by atoms with van der Waals surface area (Å²) in [6.07, 6.45) is 0.800.